The molecule has 0 saturated heterocycles. The maximum absolute atomic E-state index is 12.9. The number of methoxy groups -OCH3 is 1. The zero-order valence-corrected chi connectivity index (χ0v) is 15.9. The van der Waals surface area contributed by atoms with E-state index < -0.39 is 18.9 Å². The molecule has 1 aromatic heterocycles. The lowest BCUT2D eigenvalue weighted by Gasteiger charge is -2.20. The summed E-state index contributed by atoms with van der Waals surface area (Å²) in [6.07, 6.45) is -1.17. The van der Waals surface area contributed by atoms with Crippen molar-refractivity contribution in [3.05, 3.63) is 23.9 Å². The van der Waals surface area contributed by atoms with Gasteiger partial charge >= 0.3 is 12.2 Å². The first kappa shape index (κ1) is 23.0. The van der Waals surface area contributed by atoms with Gasteiger partial charge in [-0.1, -0.05) is 26.2 Å². The fourth-order valence-electron chi connectivity index (χ4n) is 2.35. The molecule has 2 N–H and O–H groups in total. The van der Waals surface area contributed by atoms with Crippen LogP contribution in [0.1, 0.15) is 45.1 Å². The van der Waals surface area contributed by atoms with E-state index in [1.165, 1.54) is 12.3 Å². The molecule has 1 heterocycles. The van der Waals surface area contributed by atoms with E-state index >= 15 is 0 Å². The minimum Gasteiger partial charge on any atom is -0.462 e. The molecule has 2 atom stereocenters. The average molecular weight is 391 g/mol. The highest BCUT2D eigenvalue weighted by atomic mass is 19.4. The van der Waals surface area contributed by atoms with E-state index in [2.05, 4.69) is 27.3 Å². The Balaban J connectivity index is 2.53. The van der Waals surface area contributed by atoms with Gasteiger partial charge in [-0.2, -0.15) is 13.2 Å². The fourth-order valence-corrected chi connectivity index (χ4v) is 2.35. The molecular formula is C18H28F3N3O3. The molecule has 1 rings (SSSR count). The molecule has 6 nitrogen and oxygen atoms in total. The van der Waals surface area contributed by atoms with Gasteiger partial charge in [0.15, 0.2) is 0 Å². The van der Waals surface area contributed by atoms with Crippen molar-refractivity contribution in [2.75, 3.05) is 13.7 Å². The van der Waals surface area contributed by atoms with Crippen LogP contribution in [-0.2, 0) is 11.3 Å². The highest BCUT2D eigenvalue weighted by Gasteiger charge is 2.42. The van der Waals surface area contributed by atoms with Crippen molar-refractivity contribution in [1.29, 1.82) is 0 Å². The number of rotatable bonds is 11. The van der Waals surface area contributed by atoms with Gasteiger partial charge in [0.05, 0.1) is 6.61 Å². The smallest absolute Gasteiger partial charge is 0.427 e. The molecule has 2 amide bonds. The number of urea groups is 1. The first-order valence-corrected chi connectivity index (χ1v) is 8.97. The highest BCUT2D eigenvalue weighted by molar-refractivity contribution is 5.74. The number of amides is 2. The van der Waals surface area contributed by atoms with Gasteiger partial charge in [-0.15, -0.1) is 0 Å². The van der Waals surface area contributed by atoms with Crippen LogP contribution in [0.5, 0.6) is 5.88 Å². The molecule has 0 aliphatic carbocycles. The lowest BCUT2D eigenvalue weighted by Crippen LogP contribution is -2.40. The Morgan fingerprint density at radius 2 is 2.07 bits per heavy atom. The lowest BCUT2D eigenvalue weighted by atomic mass is 10.1. The van der Waals surface area contributed by atoms with Crippen LogP contribution in [0.3, 0.4) is 0 Å². The summed E-state index contributed by atoms with van der Waals surface area (Å²) < 4.78 is 48.1. The summed E-state index contributed by atoms with van der Waals surface area (Å²) in [5, 5.41) is 5.51. The van der Waals surface area contributed by atoms with Crippen LogP contribution in [-0.4, -0.2) is 43.1 Å². The molecule has 1 aromatic rings. The molecule has 1 unspecified atom stereocenters. The van der Waals surface area contributed by atoms with Crippen LogP contribution in [0.25, 0.3) is 0 Å². The minimum absolute atomic E-state index is 0.0504. The van der Waals surface area contributed by atoms with Gasteiger partial charge in [0, 0.05) is 32.0 Å². The first-order valence-electron chi connectivity index (χ1n) is 8.97. The van der Waals surface area contributed by atoms with Crippen molar-refractivity contribution >= 4 is 6.03 Å². The van der Waals surface area contributed by atoms with Crippen molar-refractivity contribution in [3.8, 4) is 5.88 Å². The van der Waals surface area contributed by atoms with Crippen LogP contribution >= 0.6 is 0 Å². The SMILES string of the molecule is CCCCCC(C)NC(=O)NCc1ccnc(O[C@@H](COC)C(F)(F)F)c1. The van der Waals surface area contributed by atoms with Crippen molar-refractivity contribution in [2.45, 2.75) is 64.4 Å². The van der Waals surface area contributed by atoms with E-state index in [4.69, 9.17) is 4.74 Å². The van der Waals surface area contributed by atoms with E-state index in [1.54, 1.807) is 6.07 Å². The molecule has 0 aliphatic rings. The summed E-state index contributed by atoms with van der Waals surface area (Å²) in [4.78, 5) is 15.7. The number of carbonyl (C=O) groups excluding carboxylic acids is 1. The van der Waals surface area contributed by atoms with Crippen LogP contribution in [0.15, 0.2) is 18.3 Å². The number of nitrogens with one attached hydrogen (secondary N) is 2. The van der Waals surface area contributed by atoms with Gasteiger partial charge in [-0.3, -0.25) is 0 Å². The normalized spacial score (nSPS) is 13.7. The molecule has 0 radical (unpaired) electrons. The summed E-state index contributed by atoms with van der Waals surface area (Å²) >= 11 is 0. The van der Waals surface area contributed by atoms with Gasteiger partial charge < -0.3 is 20.1 Å². The third kappa shape index (κ3) is 9.46. The number of halogens is 3. The second-order valence-electron chi connectivity index (χ2n) is 6.33. The van der Waals surface area contributed by atoms with Gasteiger partial charge in [-0.05, 0) is 25.0 Å². The zero-order chi connectivity index (χ0) is 20.3. The van der Waals surface area contributed by atoms with Gasteiger partial charge in [0.1, 0.15) is 0 Å². The number of aromatic nitrogens is 1. The molecule has 0 saturated carbocycles. The third-order valence-electron chi connectivity index (χ3n) is 3.82. The van der Waals surface area contributed by atoms with Gasteiger partial charge in [0.2, 0.25) is 12.0 Å². The summed E-state index contributed by atoms with van der Waals surface area (Å²) in [6, 6.07) is 2.68. The minimum atomic E-state index is -4.57. The van der Waals surface area contributed by atoms with Crippen molar-refractivity contribution in [3.63, 3.8) is 0 Å². The van der Waals surface area contributed by atoms with E-state index in [1.807, 2.05) is 6.92 Å². The number of pyridine rings is 1. The topological polar surface area (TPSA) is 72.5 Å². The number of unbranched alkanes of at least 4 members (excludes halogenated alkanes) is 2. The molecule has 0 bridgehead atoms. The second-order valence-corrected chi connectivity index (χ2v) is 6.33. The van der Waals surface area contributed by atoms with Crippen LogP contribution in [0.2, 0.25) is 0 Å². The van der Waals surface area contributed by atoms with E-state index in [0.717, 1.165) is 32.8 Å². The van der Waals surface area contributed by atoms with Crippen LogP contribution < -0.4 is 15.4 Å². The Bertz CT molecular complexity index is 570. The Kier molecular flexibility index (Phi) is 9.92. The molecular weight excluding hydrogens is 363 g/mol. The van der Waals surface area contributed by atoms with E-state index in [9.17, 15) is 18.0 Å². The van der Waals surface area contributed by atoms with Crippen LogP contribution in [0, 0.1) is 0 Å². The molecule has 154 valence electrons. The lowest BCUT2D eigenvalue weighted by molar-refractivity contribution is -0.207. The standard InChI is InChI=1S/C18H28F3N3O3/c1-4-5-6-7-13(2)24-17(25)23-11-14-8-9-22-16(10-14)27-15(12-26-3)18(19,20)21/h8-10,13,15H,4-7,11-12H2,1-3H3,(H2,23,24,25)/t13?,15-/m0/s1. The Hall–Kier alpha value is -2.03. The fraction of sp³-hybridized carbons (Fsp3) is 0.667. The monoisotopic (exact) mass is 391 g/mol. The van der Waals surface area contributed by atoms with Crippen molar-refractivity contribution in [1.82, 2.24) is 15.6 Å². The number of nitrogens with zero attached hydrogens (tertiary/aromatic N) is 1. The Morgan fingerprint density at radius 3 is 2.70 bits per heavy atom. The second kappa shape index (κ2) is 11.6. The molecule has 0 aliphatic heterocycles. The van der Waals surface area contributed by atoms with Gasteiger partial charge in [0.25, 0.3) is 0 Å². The Labute approximate surface area is 157 Å². The molecule has 9 heteroatoms. The number of alkyl halides is 3. The quantitative estimate of drug-likeness (QED) is 0.563. The summed E-state index contributed by atoms with van der Waals surface area (Å²) in [5.74, 6) is -0.179. The maximum atomic E-state index is 12.9. The van der Waals surface area contributed by atoms with E-state index in [0.29, 0.717) is 5.56 Å². The molecule has 27 heavy (non-hydrogen) atoms. The predicted molar refractivity (Wildman–Crippen MR) is 95.6 cm³/mol. The molecule has 0 spiro atoms. The number of hydrogen-bond donors (Lipinski definition) is 2. The van der Waals surface area contributed by atoms with E-state index in [-0.39, 0.29) is 24.5 Å². The number of carbonyl (C=O) groups is 1. The van der Waals surface area contributed by atoms with Gasteiger partial charge in [-0.25, -0.2) is 9.78 Å². The van der Waals surface area contributed by atoms with Crippen molar-refractivity contribution in [2.24, 2.45) is 0 Å². The number of hydrogen-bond acceptors (Lipinski definition) is 4. The highest BCUT2D eigenvalue weighted by Crippen LogP contribution is 2.25. The third-order valence-corrected chi connectivity index (χ3v) is 3.82. The maximum Gasteiger partial charge on any atom is 0.427 e. The average Bonchev–Trinajstić information content (AvgIpc) is 2.59. The molecule has 0 aromatic carbocycles. The Morgan fingerprint density at radius 1 is 1.33 bits per heavy atom. The predicted octanol–water partition coefficient (Wildman–Crippen LogP) is 3.81. The first-order chi connectivity index (χ1) is 12.8. The summed E-state index contributed by atoms with van der Waals surface area (Å²) in [7, 11) is 1.16. The molecule has 0 fully saturated rings. The number of ether oxygens (including phenoxy) is 2. The zero-order valence-electron chi connectivity index (χ0n) is 15.9. The summed E-state index contributed by atoms with van der Waals surface area (Å²) in [6.45, 7) is 3.56. The summed E-state index contributed by atoms with van der Waals surface area (Å²) in [5.41, 5.74) is 0.576. The largest absolute Gasteiger partial charge is 0.462 e. The van der Waals surface area contributed by atoms with Crippen molar-refractivity contribution < 1.29 is 27.4 Å². The van der Waals surface area contributed by atoms with Crippen LogP contribution in [0.4, 0.5) is 18.0 Å².